The van der Waals surface area contributed by atoms with Gasteiger partial charge in [-0.25, -0.2) is 0 Å². The van der Waals surface area contributed by atoms with E-state index in [1.807, 2.05) is 32.9 Å². The van der Waals surface area contributed by atoms with Gasteiger partial charge in [0.25, 0.3) is 5.91 Å². The van der Waals surface area contributed by atoms with Crippen molar-refractivity contribution in [3.05, 3.63) is 27.7 Å². The van der Waals surface area contributed by atoms with E-state index in [-0.39, 0.29) is 18.6 Å². The molecule has 20 heavy (non-hydrogen) atoms. The number of halogens is 1. The summed E-state index contributed by atoms with van der Waals surface area (Å²) < 4.78 is 6.74. The number of amides is 1. The molecule has 5 heteroatoms. The van der Waals surface area contributed by atoms with Gasteiger partial charge in [-0.1, -0.05) is 15.9 Å². The Balaban J connectivity index is 2.84. The molecule has 0 aliphatic rings. The van der Waals surface area contributed by atoms with Crippen LogP contribution in [0, 0.1) is 6.92 Å². The molecule has 0 saturated heterocycles. The predicted octanol–water partition coefficient (Wildman–Crippen LogP) is 2.50. The monoisotopic (exact) mass is 342 g/mol. The number of carbonyl (C=O) groups excluding carboxylic acids is 1. The number of nitrogens with two attached hydrogens (primary N) is 1. The van der Waals surface area contributed by atoms with E-state index in [9.17, 15) is 4.79 Å². The molecular formula is C15H23BrN2O2. The summed E-state index contributed by atoms with van der Waals surface area (Å²) in [5.74, 6) is 0.741. The quantitative estimate of drug-likeness (QED) is 0.864. The van der Waals surface area contributed by atoms with E-state index in [4.69, 9.17) is 10.5 Å². The molecule has 1 aromatic rings. The third kappa shape index (κ3) is 4.49. The van der Waals surface area contributed by atoms with Gasteiger partial charge < -0.3 is 15.4 Å². The minimum absolute atomic E-state index is 0.0268. The highest BCUT2D eigenvalue weighted by Crippen LogP contribution is 2.28. The maximum Gasteiger partial charge on any atom is 0.260 e. The lowest BCUT2D eigenvalue weighted by molar-refractivity contribution is -0.133. The summed E-state index contributed by atoms with van der Waals surface area (Å²) in [6, 6.07) is 4.14. The Morgan fingerprint density at radius 1 is 1.45 bits per heavy atom. The molecule has 0 aliphatic carbocycles. The molecule has 4 nitrogen and oxygen atoms in total. The summed E-state index contributed by atoms with van der Waals surface area (Å²) in [7, 11) is 1.78. The summed E-state index contributed by atoms with van der Waals surface area (Å²) in [4.78, 5) is 13.6. The third-order valence-electron chi connectivity index (χ3n) is 3.24. The van der Waals surface area contributed by atoms with Gasteiger partial charge >= 0.3 is 0 Å². The van der Waals surface area contributed by atoms with Crippen molar-refractivity contribution < 1.29 is 9.53 Å². The van der Waals surface area contributed by atoms with Crippen molar-refractivity contribution >= 4 is 21.8 Å². The molecule has 0 bridgehead atoms. The molecule has 0 fully saturated rings. The van der Waals surface area contributed by atoms with Crippen LogP contribution in [0.15, 0.2) is 16.6 Å². The number of likely N-dealkylation sites (N-methyl/N-ethyl adjacent to an activating group) is 1. The van der Waals surface area contributed by atoms with Crippen molar-refractivity contribution in [3.63, 3.8) is 0 Å². The lowest BCUT2D eigenvalue weighted by atomic mass is 10.1. The molecule has 0 heterocycles. The van der Waals surface area contributed by atoms with E-state index < -0.39 is 0 Å². The number of nitrogens with zero attached hydrogens (tertiary/aromatic N) is 1. The number of benzene rings is 1. The van der Waals surface area contributed by atoms with Crippen molar-refractivity contribution in [2.45, 2.75) is 33.2 Å². The number of rotatable bonds is 6. The maximum absolute atomic E-state index is 12.0. The Labute approximate surface area is 129 Å². The average molecular weight is 343 g/mol. The Kier molecular flexibility index (Phi) is 6.49. The largest absolute Gasteiger partial charge is 0.483 e. The SMILES string of the molecule is Cc1cc(Br)cc(CCN)c1OCC(=O)N(C)C(C)C. The zero-order valence-corrected chi connectivity index (χ0v) is 14.2. The van der Waals surface area contributed by atoms with E-state index in [0.717, 1.165) is 27.8 Å². The molecule has 0 atom stereocenters. The van der Waals surface area contributed by atoms with Crippen LogP contribution in [0.2, 0.25) is 0 Å². The van der Waals surface area contributed by atoms with Crippen LogP contribution in [0.3, 0.4) is 0 Å². The van der Waals surface area contributed by atoms with Crippen LogP contribution in [-0.4, -0.2) is 37.0 Å². The van der Waals surface area contributed by atoms with Crippen molar-refractivity contribution in [3.8, 4) is 5.75 Å². The number of aryl methyl sites for hydroxylation is 1. The molecular weight excluding hydrogens is 320 g/mol. The van der Waals surface area contributed by atoms with E-state index >= 15 is 0 Å². The fraction of sp³-hybridized carbons (Fsp3) is 0.533. The van der Waals surface area contributed by atoms with Crippen LogP contribution in [0.5, 0.6) is 5.75 Å². The number of hydrogen-bond donors (Lipinski definition) is 1. The van der Waals surface area contributed by atoms with Crippen LogP contribution in [-0.2, 0) is 11.2 Å². The van der Waals surface area contributed by atoms with Gasteiger partial charge in [0, 0.05) is 17.6 Å². The number of carbonyl (C=O) groups is 1. The molecule has 1 aromatic carbocycles. The smallest absolute Gasteiger partial charge is 0.260 e. The molecule has 112 valence electrons. The Hall–Kier alpha value is -1.07. The first-order valence-electron chi connectivity index (χ1n) is 6.74. The van der Waals surface area contributed by atoms with Crippen LogP contribution in [0.25, 0.3) is 0 Å². The standard InChI is InChI=1S/C15H23BrN2O2/c1-10(2)18(4)14(19)9-20-15-11(3)7-13(16)8-12(15)5-6-17/h7-8,10H,5-6,9,17H2,1-4H3. The summed E-state index contributed by atoms with van der Waals surface area (Å²) in [6.45, 7) is 6.52. The third-order valence-corrected chi connectivity index (χ3v) is 3.70. The van der Waals surface area contributed by atoms with Crippen LogP contribution in [0.4, 0.5) is 0 Å². The van der Waals surface area contributed by atoms with Crippen LogP contribution in [0.1, 0.15) is 25.0 Å². The van der Waals surface area contributed by atoms with E-state index in [1.165, 1.54) is 0 Å². The highest BCUT2D eigenvalue weighted by Gasteiger charge is 2.15. The first-order valence-corrected chi connectivity index (χ1v) is 7.53. The molecule has 0 spiro atoms. The van der Waals surface area contributed by atoms with Gasteiger partial charge in [0.15, 0.2) is 6.61 Å². The van der Waals surface area contributed by atoms with Gasteiger partial charge in [0.2, 0.25) is 0 Å². The van der Waals surface area contributed by atoms with Gasteiger partial charge in [-0.15, -0.1) is 0 Å². The van der Waals surface area contributed by atoms with E-state index in [2.05, 4.69) is 15.9 Å². The molecule has 0 aliphatic heterocycles. The first-order chi connectivity index (χ1) is 9.36. The minimum atomic E-state index is -0.0268. The highest BCUT2D eigenvalue weighted by molar-refractivity contribution is 9.10. The summed E-state index contributed by atoms with van der Waals surface area (Å²) in [5.41, 5.74) is 7.66. The second-order valence-electron chi connectivity index (χ2n) is 5.14. The molecule has 0 saturated carbocycles. The molecule has 0 aromatic heterocycles. The lowest BCUT2D eigenvalue weighted by Gasteiger charge is -2.22. The topological polar surface area (TPSA) is 55.6 Å². The Morgan fingerprint density at radius 3 is 2.65 bits per heavy atom. The second kappa shape index (κ2) is 7.64. The Morgan fingerprint density at radius 2 is 2.10 bits per heavy atom. The average Bonchev–Trinajstić information content (AvgIpc) is 2.36. The van der Waals surface area contributed by atoms with Gasteiger partial charge in [0.05, 0.1) is 0 Å². The first kappa shape index (κ1) is 17.0. The number of ether oxygens (including phenoxy) is 1. The normalized spacial score (nSPS) is 10.8. The molecule has 1 amide bonds. The summed E-state index contributed by atoms with van der Waals surface area (Å²) >= 11 is 3.47. The summed E-state index contributed by atoms with van der Waals surface area (Å²) in [6.07, 6.45) is 0.726. The summed E-state index contributed by atoms with van der Waals surface area (Å²) in [5, 5.41) is 0. The predicted molar refractivity (Wildman–Crippen MR) is 85.0 cm³/mol. The fourth-order valence-corrected chi connectivity index (χ4v) is 2.49. The molecule has 1 rings (SSSR count). The van der Waals surface area contributed by atoms with Crippen LogP contribution < -0.4 is 10.5 Å². The van der Waals surface area contributed by atoms with Crippen molar-refractivity contribution in [1.29, 1.82) is 0 Å². The van der Waals surface area contributed by atoms with Gasteiger partial charge in [-0.2, -0.15) is 0 Å². The fourth-order valence-electron chi connectivity index (χ4n) is 1.87. The minimum Gasteiger partial charge on any atom is -0.483 e. The van der Waals surface area contributed by atoms with E-state index in [0.29, 0.717) is 6.54 Å². The zero-order valence-electron chi connectivity index (χ0n) is 12.6. The van der Waals surface area contributed by atoms with Gasteiger partial charge in [-0.05, 0) is 57.0 Å². The van der Waals surface area contributed by atoms with Crippen LogP contribution >= 0.6 is 15.9 Å². The van der Waals surface area contributed by atoms with E-state index in [1.54, 1.807) is 11.9 Å². The highest BCUT2D eigenvalue weighted by atomic mass is 79.9. The molecule has 0 unspecified atom stereocenters. The second-order valence-corrected chi connectivity index (χ2v) is 6.05. The van der Waals surface area contributed by atoms with Gasteiger partial charge in [-0.3, -0.25) is 4.79 Å². The van der Waals surface area contributed by atoms with Crippen molar-refractivity contribution in [2.75, 3.05) is 20.2 Å². The number of hydrogen-bond acceptors (Lipinski definition) is 3. The Bertz CT molecular complexity index is 475. The van der Waals surface area contributed by atoms with Gasteiger partial charge in [0.1, 0.15) is 5.75 Å². The molecule has 0 radical (unpaired) electrons. The molecule has 2 N–H and O–H groups in total. The maximum atomic E-state index is 12.0. The zero-order chi connectivity index (χ0) is 15.3. The lowest BCUT2D eigenvalue weighted by Crippen LogP contribution is -2.36. The van der Waals surface area contributed by atoms with Crippen molar-refractivity contribution in [1.82, 2.24) is 4.90 Å². The van der Waals surface area contributed by atoms with Crippen molar-refractivity contribution in [2.24, 2.45) is 5.73 Å².